The topological polar surface area (TPSA) is 38.3 Å². The first-order valence-corrected chi connectivity index (χ1v) is 7.74. The molecule has 0 aliphatic heterocycles. The fourth-order valence-electron chi connectivity index (χ4n) is 3.12. The molecule has 0 heterocycles. The molecule has 2 aromatic carbocycles. The SMILES string of the molecule is COc1ccccc1CCNC(=O)C1Cc2ccccc2C1. The normalized spacial score (nSPS) is 13.7. The Morgan fingerprint density at radius 2 is 1.73 bits per heavy atom. The molecule has 1 amide bonds. The Hall–Kier alpha value is -2.29. The van der Waals surface area contributed by atoms with Gasteiger partial charge in [-0.1, -0.05) is 42.5 Å². The average molecular weight is 295 g/mol. The summed E-state index contributed by atoms with van der Waals surface area (Å²) in [5.41, 5.74) is 3.75. The third-order valence-electron chi connectivity index (χ3n) is 4.31. The van der Waals surface area contributed by atoms with Crippen molar-refractivity contribution in [2.75, 3.05) is 13.7 Å². The molecule has 3 heteroatoms. The first-order valence-electron chi connectivity index (χ1n) is 7.74. The van der Waals surface area contributed by atoms with Crippen molar-refractivity contribution in [1.29, 1.82) is 0 Å². The van der Waals surface area contributed by atoms with Gasteiger partial charge in [0.1, 0.15) is 5.75 Å². The van der Waals surface area contributed by atoms with Gasteiger partial charge < -0.3 is 10.1 Å². The molecule has 0 spiro atoms. The zero-order valence-corrected chi connectivity index (χ0v) is 12.8. The number of rotatable bonds is 5. The molecule has 3 nitrogen and oxygen atoms in total. The van der Waals surface area contributed by atoms with Gasteiger partial charge in [-0.15, -0.1) is 0 Å². The van der Waals surface area contributed by atoms with E-state index in [9.17, 15) is 4.79 Å². The Labute approximate surface area is 131 Å². The number of fused-ring (bicyclic) bond motifs is 1. The fourth-order valence-corrected chi connectivity index (χ4v) is 3.12. The lowest BCUT2D eigenvalue weighted by Gasteiger charge is -2.12. The van der Waals surface area contributed by atoms with Crippen LogP contribution in [0.3, 0.4) is 0 Å². The fraction of sp³-hybridized carbons (Fsp3) is 0.316. The van der Waals surface area contributed by atoms with Crippen LogP contribution in [0.4, 0.5) is 0 Å². The largest absolute Gasteiger partial charge is 0.496 e. The molecule has 1 aliphatic rings. The van der Waals surface area contributed by atoms with Gasteiger partial charge in [-0.05, 0) is 42.0 Å². The van der Waals surface area contributed by atoms with Crippen molar-refractivity contribution in [3.8, 4) is 5.75 Å². The van der Waals surface area contributed by atoms with Crippen LogP contribution < -0.4 is 10.1 Å². The summed E-state index contributed by atoms with van der Waals surface area (Å²) in [5, 5.41) is 3.06. The number of para-hydroxylation sites is 1. The number of amides is 1. The standard InChI is InChI=1S/C19H21NO2/c1-22-18-9-5-4-6-14(18)10-11-20-19(21)17-12-15-7-2-3-8-16(15)13-17/h2-9,17H,10-13H2,1H3,(H,20,21). The maximum absolute atomic E-state index is 12.3. The number of hydrogen-bond acceptors (Lipinski definition) is 2. The van der Waals surface area contributed by atoms with Crippen LogP contribution >= 0.6 is 0 Å². The number of ether oxygens (including phenoxy) is 1. The maximum atomic E-state index is 12.3. The Bertz CT molecular complexity index is 641. The quantitative estimate of drug-likeness (QED) is 0.921. The summed E-state index contributed by atoms with van der Waals surface area (Å²) in [6, 6.07) is 16.3. The van der Waals surface area contributed by atoms with Gasteiger partial charge in [0.2, 0.25) is 5.91 Å². The molecule has 114 valence electrons. The molecular weight excluding hydrogens is 274 g/mol. The van der Waals surface area contributed by atoms with E-state index in [1.807, 2.05) is 36.4 Å². The molecule has 0 atom stereocenters. The van der Waals surface area contributed by atoms with Crippen molar-refractivity contribution in [2.24, 2.45) is 5.92 Å². The van der Waals surface area contributed by atoms with E-state index in [0.29, 0.717) is 6.54 Å². The molecule has 1 aliphatic carbocycles. The second-order valence-corrected chi connectivity index (χ2v) is 5.73. The van der Waals surface area contributed by atoms with Crippen LogP contribution in [-0.4, -0.2) is 19.6 Å². The molecule has 3 rings (SSSR count). The van der Waals surface area contributed by atoms with Crippen LogP contribution in [0.2, 0.25) is 0 Å². The zero-order valence-electron chi connectivity index (χ0n) is 12.8. The van der Waals surface area contributed by atoms with Crippen molar-refractivity contribution in [3.05, 3.63) is 65.2 Å². The summed E-state index contributed by atoms with van der Waals surface area (Å²) >= 11 is 0. The van der Waals surface area contributed by atoms with E-state index >= 15 is 0 Å². The van der Waals surface area contributed by atoms with Crippen molar-refractivity contribution in [3.63, 3.8) is 0 Å². The molecule has 0 saturated heterocycles. The average Bonchev–Trinajstić information content (AvgIpc) is 2.99. The van der Waals surface area contributed by atoms with Crippen molar-refractivity contribution >= 4 is 5.91 Å². The van der Waals surface area contributed by atoms with E-state index in [0.717, 1.165) is 30.6 Å². The van der Waals surface area contributed by atoms with Crippen LogP contribution in [0.15, 0.2) is 48.5 Å². The molecule has 0 fully saturated rings. The minimum atomic E-state index is 0.0788. The Morgan fingerprint density at radius 1 is 1.09 bits per heavy atom. The first-order chi connectivity index (χ1) is 10.8. The van der Waals surface area contributed by atoms with E-state index in [1.165, 1.54) is 11.1 Å². The summed E-state index contributed by atoms with van der Waals surface area (Å²) in [7, 11) is 1.67. The smallest absolute Gasteiger partial charge is 0.223 e. The minimum absolute atomic E-state index is 0.0788. The second-order valence-electron chi connectivity index (χ2n) is 5.73. The molecule has 0 saturated carbocycles. The number of carbonyl (C=O) groups excluding carboxylic acids is 1. The highest BCUT2D eigenvalue weighted by Gasteiger charge is 2.26. The molecule has 22 heavy (non-hydrogen) atoms. The number of hydrogen-bond donors (Lipinski definition) is 1. The zero-order chi connectivity index (χ0) is 15.4. The molecule has 0 aromatic heterocycles. The van der Waals surface area contributed by atoms with Crippen LogP contribution in [-0.2, 0) is 24.1 Å². The number of carbonyl (C=O) groups is 1. The third kappa shape index (κ3) is 3.14. The molecule has 0 unspecified atom stereocenters. The predicted octanol–water partition coefficient (Wildman–Crippen LogP) is 2.77. The lowest BCUT2D eigenvalue weighted by atomic mass is 10.1. The van der Waals surface area contributed by atoms with Gasteiger partial charge in [-0.3, -0.25) is 4.79 Å². The second kappa shape index (κ2) is 6.65. The van der Waals surface area contributed by atoms with E-state index in [1.54, 1.807) is 7.11 Å². The summed E-state index contributed by atoms with van der Waals surface area (Å²) in [6.45, 7) is 0.645. The summed E-state index contributed by atoms with van der Waals surface area (Å²) in [5.74, 6) is 1.12. The minimum Gasteiger partial charge on any atom is -0.496 e. The summed E-state index contributed by atoms with van der Waals surface area (Å²) in [4.78, 5) is 12.3. The Morgan fingerprint density at radius 3 is 2.41 bits per heavy atom. The van der Waals surface area contributed by atoms with Crippen LogP contribution in [0.25, 0.3) is 0 Å². The van der Waals surface area contributed by atoms with Gasteiger partial charge in [0.15, 0.2) is 0 Å². The summed E-state index contributed by atoms with van der Waals surface area (Å²) < 4.78 is 5.33. The van der Waals surface area contributed by atoms with Gasteiger partial charge in [0, 0.05) is 12.5 Å². The number of methoxy groups -OCH3 is 1. The lowest BCUT2D eigenvalue weighted by molar-refractivity contribution is -0.124. The highest BCUT2D eigenvalue weighted by Crippen LogP contribution is 2.26. The molecule has 0 radical (unpaired) electrons. The van der Waals surface area contributed by atoms with Gasteiger partial charge in [0.25, 0.3) is 0 Å². The Balaban J connectivity index is 1.52. The van der Waals surface area contributed by atoms with E-state index in [-0.39, 0.29) is 11.8 Å². The molecule has 2 aromatic rings. The van der Waals surface area contributed by atoms with Crippen LogP contribution in [0, 0.1) is 5.92 Å². The van der Waals surface area contributed by atoms with Crippen LogP contribution in [0.1, 0.15) is 16.7 Å². The first kappa shape index (κ1) is 14.6. The van der Waals surface area contributed by atoms with E-state index in [4.69, 9.17) is 4.74 Å². The van der Waals surface area contributed by atoms with Gasteiger partial charge in [0.05, 0.1) is 7.11 Å². The molecule has 0 bridgehead atoms. The van der Waals surface area contributed by atoms with Crippen LogP contribution in [0.5, 0.6) is 5.75 Å². The molecule has 1 N–H and O–H groups in total. The van der Waals surface area contributed by atoms with Gasteiger partial charge in [-0.25, -0.2) is 0 Å². The monoisotopic (exact) mass is 295 g/mol. The molecular formula is C19H21NO2. The third-order valence-corrected chi connectivity index (χ3v) is 4.31. The van der Waals surface area contributed by atoms with E-state index in [2.05, 4.69) is 17.4 Å². The van der Waals surface area contributed by atoms with Gasteiger partial charge in [-0.2, -0.15) is 0 Å². The van der Waals surface area contributed by atoms with Crippen molar-refractivity contribution in [1.82, 2.24) is 5.32 Å². The highest BCUT2D eigenvalue weighted by atomic mass is 16.5. The number of benzene rings is 2. The maximum Gasteiger partial charge on any atom is 0.223 e. The van der Waals surface area contributed by atoms with Gasteiger partial charge >= 0.3 is 0 Å². The van der Waals surface area contributed by atoms with Crippen molar-refractivity contribution in [2.45, 2.75) is 19.3 Å². The van der Waals surface area contributed by atoms with E-state index < -0.39 is 0 Å². The number of nitrogens with one attached hydrogen (secondary N) is 1. The Kier molecular flexibility index (Phi) is 4.42. The highest BCUT2D eigenvalue weighted by molar-refractivity contribution is 5.80. The van der Waals surface area contributed by atoms with Crippen molar-refractivity contribution < 1.29 is 9.53 Å². The predicted molar refractivity (Wildman–Crippen MR) is 87.0 cm³/mol. The summed E-state index contributed by atoms with van der Waals surface area (Å²) in [6.07, 6.45) is 2.50. The lowest BCUT2D eigenvalue weighted by Crippen LogP contribution is -2.32.